The fourth-order valence-corrected chi connectivity index (χ4v) is 3.67. The van der Waals surface area contributed by atoms with Crippen molar-refractivity contribution in [2.45, 2.75) is 25.8 Å². The summed E-state index contributed by atoms with van der Waals surface area (Å²) in [6.07, 6.45) is 3.83. The summed E-state index contributed by atoms with van der Waals surface area (Å²) in [6.45, 7) is 3.34. The fourth-order valence-electron chi connectivity index (χ4n) is 3.67. The number of aromatic nitrogens is 3. The SMILES string of the molecule is CNNC(=O)n1ccc2c(N(C)[C@H]3CN(C(=O)CC#N)CC[C@H]3C)ncnc21. The lowest BCUT2D eigenvalue weighted by Gasteiger charge is -2.42. The molecule has 10 heteroatoms. The zero-order valence-electron chi connectivity index (χ0n) is 16.2. The first-order valence-electron chi connectivity index (χ1n) is 9.14. The number of nitriles is 1. The summed E-state index contributed by atoms with van der Waals surface area (Å²) in [4.78, 5) is 36.8. The van der Waals surface area contributed by atoms with Crippen LogP contribution in [-0.2, 0) is 4.79 Å². The van der Waals surface area contributed by atoms with Crippen LogP contribution in [0.2, 0.25) is 0 Å². The molecule has 2 atom stereocenters. The standard InChI is InChI=1S/C18H24N8O2/c1-12-5-8-25(15(27)4-7-19)10-14(12)24(3)16-13-6-9-26(18(28)23-20-2)17(13)22-11-21-16/h6,9,11-12,14,20H,4-5,8,10H2,1-3H3,(H,23,28)/t12-,14+/m1/s1. The van der Waals surface area contributed by atoms with Crippen LogP contribution in [0.3, 0.4) is 0 Å². The molecule has 0 spiro atoms. The van der Waals surface area contributed by atoms with Gasteiger partial charge in [-0.3, -0.25) is 14.8 Å². The second-order valence-corrected chi connectivity index (χ2v) is 6.92. The van der Waals surface area contributed by atoms with E-state index in [1.807, 2.05) is 24.1 Å². The van der Waals surface area contributed by atoms with E-state index in [1.165, 1.54) is 10.9 Å². The molecule has 2 amide bonds. The smallest absolute Gasteiger partial charge is 0.341 e. The number of nitrogens with zero attached hydrogens (tertiary/aromatic N) is 6. The first-order valence-corrected chi connectivity index (χ1v) is 9.14. The lowest BCUT2D eigenvalue weighted by Crippen LogP contribution is -2.52. The third-order valence-electron chi connectivity index (χ3n) is 5.24. The van der Waals surface area contributed by atoms with E-state index in [9.17, 15) is 9.59 Å². The van der Waals surface area contributed by atoms with Gasteiger partial charge in [0.05, 0.1) is 17.5 Å². The molecule has 0 saturated carbocycles. The Morgan fingerprint density at radius 1 is 1.43 bits per heavy atom. The Labute approximate surface area is 163 Å². The number of hydrogen-bond donors (Lipinski definition) is 2. The van der Waals surface area contributed by atoms with Gasteiger partial charge in [-0.1, -0.05) is 6.92 Å². The van der Waals surface area contributed by atoms with Crippen molar-refractivity contribution in [2.24, 2.45) is 5.92 Å². The molecule has 2 N–H and O–H groups in total. The molecule has 1 aliphatic heterocycles. The Morgan fingerprint density at radius 2 is 2.21 bits per heavy atom. The molecular formula is C18H24N8O2. The number of fused-ring (bicyclic) bond motifs is 1. The molecule has 1 saturated heterocycles. The molecule has 0 aliphatic carbocycles. The number of carbonyl (C=O) groups is 2. The molecule has 0 bridgehead atoms. The Kier molecular flexibility index (Phi) is 5.75. The third kappa shape index (κ3) is 3.61. The van der Waals surface area contributed by atoms with Crippen molar-refractivity contribution < 1.29 is 9.59 Å². The van der Waals surface area contributed by atoms with Crippen LogP contribution >= 0.6 is 0 Å². The monoisotopic (exact) mass is 384 g/mol. The Balaban J connectivity index is 1.90. The molecule has 3 rings (SSSR count). The largest absolute Gasteiger partial charge is 0.354 e. The van der Waals surface area contributed by atoms with E-state index in [0.29, 0.717) is 30.5 Å². The van der Waals surface area contributed by atoms with Gasteiger partial charge in [0, 0.05) is 33.4 Å². The Bertz CT molecular complexity index is 918. The van der Waals surface area contributed by atoms with Crippen molar-refractivity contribution >= 4 is 28.8 Å². The van der Waals surface area contributed by atoms with Crippen LogP contribution in [0.15, 0.2) is 18.6 Å². The van der Waals surface area contributed by atoms with Gasteiger partial charge in [-0.05, 0) is 18.4 Å². The van der Waals surface area contributed by atoms with Crippen molar-refractivity contribution in [2.75, 3.05) is 32.1 Å². The number of piperidine rings is 1. The predicted molar refractivity (Wildman–Crippen MR) is 103 cm³/mol. The summed E-state index contributed by atoms with van der Waals surface area (Å²) in [5.74, 6) is 0.902. The zero-order chi connectivity index (χ0) is 20.3. The van der Waals surface area contributed by atoms with E-state index < -0.39 is 0 Å². The average Bonchev–Trinajstić information content (AvgIpc) is 3.12. The van der Waals surface area contributed by atoms with Crippen LogP contribution in [0.5, 0.6) is 0 Å². The summed E-state index contributed by atoms with van der Waals surface area (Å²) >= 11 is 0. The number of hydrazine groups is 1. The molecule has 0 radical (unpaired) electrons. The van der Waals surface area contributed by atoms with Gasteiger partial charge in [0.2, 0.25) is 5.91 Å². The maximum absolute atomic E-state index is 12.2. The maximum atomic E-state index is 12.2. The Hall–Kier alpha value is -3.19. The highest BCUT2D eigenvalue weighted by atomic mass is 16.2. The maximum Gasteiger partial charge on any atom is 0.341 e. The van der Waals surface area contributed by atoms with E-state index >= 15 is 0 Å². The number of rotatable bonds is 4. The topological polar surface area (TPSA) is 119 Å². The summed E-state index contributed by atoms with van der Waals surface area (Å²) in [6, 6.07) is 3.44. The molecule has 3 heterocycles. The predicted octanol–water partition coefficient (Wildman–Crippen LogP) is 0.710. The van der Waals surface area contributed by atoms with Gasteiger partial charge >= 0.3 is 6.03 Å². The number of nitrogens with one attached hydrogen (secondary N) is 2. The number of likely N-dealkylation sites (N-methyl/N-ethyl adjacent to an activating group) is 1. The minimum Gasteiger partial charge on any atom is -0.354 e. The lowest BCUT2D eigenvalue weighted by molar-refractivity contribution is -0.131. The van der Waals surface area contributed by atoms with Crippen molar-refractivity contribution in [3.05, 3.63) is 18.6 Å². The van der Waals surface area contributed by atoms with Crippen LogP contribution in [-0.4, -0.2) is 64.6 Å². The van der Waals surface area contributed by atoms with E-state index in [1.54, 1.807) is 18.1 Å². The van der Waals surface area contributed by atoms with Gasteiger partial charge in [0.15, 0.2) is 5.65 Å². The molecule has 1 fully saturated rings. The van der Waals surface area contributed by atoms with Crippen molar-refractivity contribution in [1.82, 2.24) is 30.3 Å². The number of hydrogen-bond acceptors (Lipinski definition) is 7. The quantitative estimate of drug-likeness (QED) is 0.745. The van der Waals surface area contributed by atoms with Crippen molar-refractivity contribution in [3.8, 4) is 6.07 Å². The van der Waals surface area contributed by atoms with Crippen LogP contribution in [0.25, 0.3) is 11.0 Å². The first kappa shape index (κ1) is 19.6. The van der Waals surface area contributed by atoms with E-state index in [-0.39, 0.29) is 24.4 Å². The third-order valence-corrected chi connectivity index (χ3v) is 5.24. The molecule has 0 unspecified atom stereocenters. The summed E-state index contributed by atoms with van der Waals surface area (Å²) in [5.41, 5.74) is 5.63. The zero-order valence-corrected chi connectivity index (χ0v) is 16.2. The molecule has 148 valence electrons. The number of likely N-dealkylation sites (tertiary alicyclic amines) is 1. The second kappa shape index (κ2) is 8.22. The van der Waals surface area contributed by atoms with Gasteiger partial charge in [0.1, 0.15) is 18.6 Å². The van der Waals surface area contributed by atoms with Gasteiger partial charge in [0.25, 0.3) is 0 Å². The normalized spacial score (nSPS) is 19.3. The molecule has 2 aromatic heterocycles. The van der Waals surface area contributed by atoms with Crippen molar-refractivity contribution in [1.29, 1.82) is 5.26 Å². The van der Waals surface area contributed by atoms with Crippen molar-refractivity contribution in [3.63, 3.8) is 0 Å². The molecule has 0 aromatic carbocycles. The Morgan fingerprint density at radius 3 is 2.93 bits per heavy atom. The van der Waals surface area contributed by atoms with Gasteiger partial charge in [-0.25, -0.2) is 20.2 Å². The highest BCUT2D eigenvalue weighted by Crippen LogP contribution is 2.29. The summed E-state index contributed by atoms with van der Waals surface area (Å²) in [5, 5.41) is 9.57. The highest BCUT2D eigenvalue weighted by Gasteiger charge is 2.32. The molecule has 2 aromatic rings. The highest BCUT2D eigenvalue weighted by molar-refractivity contribution is 5.94. The van der Waals surface area contributed by atoms with Gasteiger partial charge in [-0.15, -0.1) is 0 Å². The van der Waals surface area contributed by atoms with Gasteiger partial charge < -0.3 is 9.80 Å². The minimum absolute atomic E-state index is 0.0453. The molecule has 28 heavy (non-hydrogen) atoms. The van der Waals surface area contributed by atoms with E-state index in [2.05, 4.69) is 27.7 Å². The van der Waals surface area contributed by atoms with E-state index in [0.717, 1.165) is 11.8 Å². The van der Waals surface area contributed by atoms with Crippen LogP contribution < -0.4 is 15.8 Å². The number of amides is 2. The molecular weight excluding hydrogens is 360 g/mol. The number of anilines is 1. The second-order valence-electron chi connectivity index (χ2n) is 6.92. The lowest BCUT2D eigenvalue weighted by atomic mass is 9.92. The van der Waals surface area contributed by atoms with E-state index in [4.69, 9.17) is 5.26 Å². The molecule has 1 aliphatic rings. The fraction of sp³-hybridized carbons (Fsp3) is 0.500. The summed E-state index contributed by atoms with van der Waals surface area (Å²) in [7, 11) is 3.55. The number of carbonyl (C=O) groups excluding carboxylic acids is 2. The molecule has 10 nitrogen and oxygen atoms in total. The van der Waals surface area contributed by atoms with Crippen LogP contribution in [0.1, 0.15) is 19.8 Å². The average molecular weight is 384 g/mol. The van der Waals surface area contributed by atoms with Crippen LogP contribution in [0.4, 0.5) is 10.6 Å². The first-order chi connectivity index (χ1) is 13.5. The van der Waals surface area contributed by atoms with Crippen LogP contribution in [0, 0.1) is 17.2 Å². The van der Waals surface area contributed by atoms with Gasteiger partial charge in [-0.2, -0.15) is 5.26 Å². The minimum atomic E-state index is -0.343. The summed E-state index contributed by atoms with van der Waals surface area (Å²) < 4.78 is 1.41.